The van der Waals surface area contributed by atoms with E-state index >= 15 is 0 Å². The number of hydrogen-bond donors (Lipinski definition) is 2. The monoisotopic (exact) mass is 329 g/mol. The molecular formula is C17H25F2NO3. The summed E-state index contributed by atoms with van der Waals surface area (Å²) in [4.78, 5) is 0. The first-order valence-electron chi connectivity index (χ1n) is 7.95. The van der Waals surface area contributed by atoms with Crippen LogP contribution in [-0.4, -0.2) is 31.5 Å². The molecule has 2 N–H and O–H groups in total. The predicted octanol–water partition coefficient (Wildman–Crippen LogP) is 3.33. The van der Waals surface area contributed by atoms with Crippen LogP contribution in [0.15, 0.2) is 18.2 Å². The second-order valence-electron chi connectivity index (χ2n) is 6.38. The van der Waals surface area contributed by atoms with Gasteiger partial charge in [-0.15, -0.1) is 0 Å². The Kier molecular flexibility index (Phi) is 6.18. The Bertz CT molecular complexity index is 513. The molecule has 1 saturated carbocycles. The highest BCUT2D eigenvalue weighted by atomic mass is 19.3. The third-order valence-corrected chi connectivity index (χ3v) is 4.58. The lowest BCUT2D eigenvalue weighted by Gasteiger charge is -2.38. The van der Waals surface area contributed by atoms with Crippen molar-refractivity contribution in [1.82, 2.24) is 5.32 Å². The molecule has 0 radical (unpaired) electrons. The number of hydrogen-bond acceptors (Lipinski definition) is 4. The van der Waals surface area contributed by atoms with Crippen molar-refractivity contribution in [1.29, 1.82) is 0 Å². The number of aliphatic hydroxyl groups excluding tert-OH is 1. The van der Waals surface area contributed by atoms with Crippen molar-refractivity contribution in [2.45, 2.75) is 51.9 Å². The number of alkyl halides is 2. The molecule has 0 amide bonds. The lowest BCUT2D eigenvalue weighted by molar-refractivity contribution is -0.0512. The van der Waals surface area contributed by atoms with Gasteiger partial charge >= 0.3 is 6.61 Å². The van der Waals surface area contributed by atoms with Crippen LogP contribution >= 0.6 is 0 Å². The van der Waals surface area contributed by atoms with Gasteiger partial charge in [0.1, 0.15) is 0 Å². The number of methoxy groups -OCH3 is 1. The van der Waals surface area contributed by atoms with Gasteiger partial charge in [0.05, 0.1) is 13.2 Å². The maximum atomic E-state index is 12.3. The van der Waals surface area contributed by atoms with E-state index in [0.717, 1.165) is 31.2 Å². The van der Waals surface area contributed by atoms with Gasteiger partial charge in [-0.3, -0.25) is 0 Å². The normalized spacial score (nSPS) is 24.7. The molecule has 4 nitrogen and oxygen atoms in total. The predicted molar refractivity (Wildman–Crippen MR) is 83.9 cm³/mol. The number of benzene rings is 1. The third kappa shape index (κ3) is 4.78. The molecule has 2 rings (SSSR count). The number of ether oxygens (including phenoxy) is 2. The SMILES string of the molecule is COc1cc(CNCC2(C)CCCCC2O)ccc1OC(F)F. The van der Waals surface area contributed by atoms with E-state index in [4.69, 9.17) is 4.74 Å². The summed E-state index contributed by atoms with van der Waals surface area (Å²) < 4.78 is 34.1. The molecule has 23 heavy (non-hydrogen) atoms. The summed E-state index contributed by atoms with van der Waals surface area (Å²) in [5.74, 6) is 0.314. The number of halogens is 2. The molecule has 2 atom stereocenters. The standard InChI is InChI=1S/C17H25F2NO3/c1-17(8-4-3-5-15(17)21)11-20-10-12-6-7-13(23-16(18)19)14(9-12)22-2/h6-7,9,15-16,20-21H,3-5,8,10-11H2,1-2H3. The molecule has 0 spiro atoms. The second kappa shape index (κ2) is 7.93. The summed E-state index contributed by atoms with van der Waals surface area (Å²) in [7, 11) is 1.42. The van der Waals surface area contributed by atoms with Crippen molar-refractivity contribution in [3.05, 3.63) is 23.8 Å². The van der Waals surface area contributed by atoms with Gasteiger partial charge in [-0.2, -0.15) is 8.78 Å². The molecule has 1 aliphatic rings. The van der Waals surface area contributed by atoms with Gasteiger partial charge in [0.25, 0.3) is 0 Å². The molecule has 1 aliphatic carbocycles. The molecule has 0 saturated heterocycles. The number of nitrogens with one attached hydrogen (secondary N) is 1. The van der Waals surface area contributed by atoms with E-state index in [2.05, 4.69) is 17.0 Å². The van der Waals surface area contributed by atoms with Crippen molar-refractivity contribution in [3.8, 4) is 11.5 Å². The van der Waals surface area contributed by atoms with Crippen LogP contribution < -0.4 is 14.8 Å². The zero-order valence-electron chi connectivity index (χ0n) is 13.6. The van der Waals surface area contributed by atoms with Crippen molar-refractivity contribution >= 4 is 0 Å². The summed E-state index contributed by atoms with van der Waals surface area (Å²) in [6.07, 6.45) is 3.81. The largest absolute Gasteiger partial charge is 0.493 e. The third-order valence-electron chi connectivity index (χ3n) is 4.58. The van der Waals surface area contributed by atoms with Gasteiger partial charge in [-0.25, -0.2) is 0 Å². The van der Waals surface area contributed by atoms with Gasteiger partial charge in [-0.1, -0.05) is 25.8 Å². The first-order chi connectivity index (χ1) is 10.9. The fourth-order valence-electron chi connectivity index (χ4n) is 3.10. The van der Waals surface area contributed by atoms with Crippen molar-refractivity contribution in [2.24, 2.45) is 5.41 Å². The van der Waals surface area contributed by atoms with E-state index in [9.17, 15) is 13.9 Å². The van der Waals surface area contributed by atoms with Crippen LogP contribution in [-0.2, 0) is 6.54 Å². The maximum Gasteiger partial charge on any atom is 0.387 e. The molecule has 2 unspecified atom stereocenters. The molecule has 0 aliphatic heterocycles. The Morgan fingerprint density at radius 3 is 2.78 bits per heavy atom. The molecule has 1 fully saturated rings. The van der Waals surface area contributed by atoms with Crippen molar-refractivity contribution < 1.29 is 23.4 Å². The fourth-order valence-corrected chi connectivity index (χ4v) is 3.10. The van der Waals surface area contributed by atoms with Gasteiger partial charge in [0.2, 0.25) is 0 Å². The zero-order chi connectivity index (χ0) is 16.9. The number of rotatable bonds is 7. The van der Waals surface area contributed by atoms with Crippen LogP contribution in [0, 0.1) is 5.41 Å². The molecule has 6 heteroatoms. The lowest BCUT2D eigenvalue weighted by Crippen LogP contribution is -2.43. The number of aliphatic hydroxyl groups is 1. The average Bonchev–Trinajstić information content (AvgIpc) is 2.51. The Labute approximate surface area is 135 Å². The fraction of sp³-hybridized carbons (Fsp3) is 0.647. The van der Waals surface area contributed by atoms with Crippen LogP contribution in [0.5, 0.6) is 11.5 Å². The summed E-state index contributed by atoms with van der Waals surface area (Å²) >= 11 is 0. The van der Waals surface area contributed by atoms with E-state index in [1.807, 2.05) is 0 Å². The lowest BCUT2D eigenvalue weighted by atomic mass is 9.73. The Morgan fingerprint density at radius 2 is 2.13 bits per heavy atom. The first-order valence-corrected chi connectivity index (χ1v) is 7.95. The molecule has 1 aromatic carbocycles. The van der Waals surface area contributed by atoms with Crippen molar-refractivity contribution in [2.75, 3.05) is 13.7 Å². The van der Waals surface area contributed by atoms with Crippen molar-refractivity contribution in [3.63, 3.8) is 0 Å². The Balaban J connectivity index is 1.93. The first kappa shape index (κ1) is 17.9. The minimum atomic E-state index is -2.87. The molecule has 130 valence electrons. The van der Waals surface area contributed by atoms with Crippen LogP contribution in [0.3, 0.4) is 0 Å². The van der Waals surface area contributed by atoms with Gasteiger partial charge in [0, 0.05) is 18.5 Å². The average molecular weight is 329 g/mol. The van der Waals surface area contributed by atoms with Crippen LogP contribution in [0.2, 0.25) is 0 Å². The topological polar surface area (TPSA) is 50.7 Å². The highest BCUT2D eigenvalue weighted by Crippen LogP contribution is 2.35. The molecular weight excluding hydrogens is 304 g/mol. The van der Waals surface area contributed by atoms with Gasteiger partial charge < -0.3 is 19.9 Å². The summed E-state index contributed by atoms with van der Waals surface area (Å²) in [5, 5.41) is 13.5. The van der Waals surface area contributed by atoms with Gasteiger partial charge in [0.15, 0.2) is 11.5 Å². The van der Waals surface area contributed by atoms with Crippen LogP contribution in [0.25, 0.3) is 0 Å². The van der Waals surface area contributed by atoms with E-state index in [1.54, 1.807) is 12.1 Å². The molecule has 1 aromatic rings. The van der Waals surface area contributed by atoms with E-state index in [-0.39, 0.29) is 23.0 Å². The van der Waals surface area contributed by atoms with Crippen LogP contribution in [0.4, 0.5) is 8.78 Å². The van der Waals surface area contributed by atoms with E-state index in [1.165, 1.54) is 13.2 Å². The zero-order valence-corrected chi connectivity index (χ0v) is 13.6. The Morgan fingerprint density at radius 1 is 1.35 bits per heavy atom. The molecule has 0 heterocycles. The van der Waals surface area contributed by atoms with E-state index < -0.39 is 6.61 Å². The summed E-state index contributed by atoms with van der Waals surface area (Å²) in [5.41, 5.74) is 0.804. The quantitative estimate of drug-likeness (QED) is 0.806. The minimum Gasteiger partial charge on any atom is -0.493 e. The highest BCUT2D eigenvalue weighted by molar-refractivity contribution is 5.42. The summed E-state index contributed by atoms with van der Waals surface area (Å²) in [6, 6.07) is 4.90. The minimum absolute atomic E-state index is 0.0286. The second-order valence-corrected chi connectivity index (χ2v) is 6.38. The van der Waals surface area contributed by atoms with Crippen LogP contribution in [0.1, 0.15) is 38.2 Å². The smallest absolute Gasteiger partial charge is 0.387 e. The molecule has 0 bridgehead atoms. The summed E-state index contributed by atoms with van der Waals surface area (Å²) in [6.45, 7) is 0.518. The van der Waals surface area contributed by atoms with E-state index in [0.29, 0.717) is 13.1 Å². The Hall–Kier alpha value is -1.40. The molecule has 0 aromatic heterocycles. The van der Waals surface area contributed by atoms with Gasteiger partial charge in [-0.05, 0) is 30.5 Å². The highest BCUT2D eigenvalue weighted by Gasteiger charge is 2.34. The maximum absolute atomic E-state index is 12.3.